The maximum atomic E-state index is 12.5. The summed E-state index contributed by atoms with van der Waals surface area (Å²) in [5, 5.41) is 15.3. The van der Waals surface area contributed by atoms with Crippen LogP contribution in [0, 0.1) is 18.3 Å². The topological polar surface area (TPSA) is 82.0 Å². The molecule has 3 aromatic rings. The number of halogens is 2. The van der Waals surface area contributed by atoms with Crippen LogP contribution in [0.1, 0.15) is 21.5 Å². The molecule has 0 aliphatic heterocycles. The van der Waals surface area contributed by atoms with Crippen LogP contribution in [0.15, 0.2) is 72.3 Å². The third-order valence-electron chi connectivity index (χ3n) is 4.34. The quantitative estimate of drug-likeness (QED) is 0.364. The van der Waals surface area contributed by atoms with Crippen molar-refractivity contribution < 1.29 is 9.59 Å². The number of rotatable bonds is 5. The molecule has 0 unspecified atom stereocenters. The van der Waals surface area contributed by atoms with Gasteiger partial charge >= 0.3 is 0 Å². The first-order valence-electron chi connectivity index (χ1n) is 9.22. The van der Waals surface area contributed by atoms with Gasteiger partial charge in [-0.2, -0.15) is 5.26 Å². The Morgan fingerprint density at radius 1 is 0.935 bits per heavy atom. The van der Waals surface area contributed by atoms with Gasteiger partial charge in [-0.1, -0.05) is 59.1 Å². The van der Waals surface area contributed by atoms with E-state index < -0.39 is 5.91 Å². The van der Waals surface area contributed by atoms with Crippen LogP contribution in [0.4, 0.5) is 11.4 Å². The van der Waals surface area contributed by atoms with Gasteiger partial charge in [0.25, 0.3) is 11.8 Å². The number of hydrogen-bond acceptors (Lipinski definition) is 3. The van der Waals surface area contributed by atoms with Crippen LogP contribution >= 0.6 is 23.2 Å². The van der Waals surface area contributed by atoms with E-state index in [0.717, 1.165) is 5.56 Å². The summed E-state index contributed by atoms with van der Waals surface area (Å²) in [6, 6.07) is 20.7. The molecule has 0 radical (unpaired) electrons. The Hall–Kier alpha value is -3.59. The lowest BCUT2D eigenvalue weighted by Gasteiger charge is -2.09. The summed E-state index contributed by atoms with van der Waals surface area (Å²) in [4.78, 5) is 25.0. The number of nitriles is 1. The van der Waals surface area contributed by atoms with Crippen LogP contribution in [0.3, 0.4) is 0 Å². The van der Waals surface area contributed by atoms with Crippen LogP contribution in [-0.4, -0.2) is 11.8 Å². The molecule has 0 heterocycles. The fourth-order valence-electron chi connectivity index (χ4n) is 2.73. The Kier molecular flexibility index (Phi) is 7.09. The highest BCUT2D eigenvalue weighted by Gasteiger charge is 2.14. The number of para-hydroxylation sites is 1. The van der Waals surface area contributed by atoms with Gasteiger partial charge in [-0.05, 0) is 55.0 Å². The normalized spacial score (nSPS) is 10.8. The van der Waals surface area contributed by atoms with Gasteiger partial charge in [-0.15, -0.1) is 0 Å². The number of anilines is 2. The molecule has 0 atom stereocenters. The van der Waals surface area contributed by atoms with Crippen molar-refractivity contribution >= 4 is 52.5 Å². The van der Waals surface area contributed by atoms with E-state index in [4.69, 9.17) is 23.2 Å². The van der Waals surface area contributed by atoms with Crippen molar-refractivity contribution in [3.8, 4) is 6.07 Å². The number of amides is 2. The van der Waals surface area contributed by atoms with E-state index in [-0.39, 0.29) is 27.2 Å². The number of benzene rings is 3. The molecular formula is C24H17Cl2N3O2. The minimum absolute atomic E-state index is 0.141. The van der Waals surface area contributed by atoms with Gasteiger partial charge in [-0.3, -0.25) is 9.59 Å². The van der Waals surface area contributed by atoms with Crippen LogP contribution < -0.4 is 10.6 Å². The largest absolute Gasteiger partial charge is 0.322 e. The van der Waals surface area contributed by atoms with Crippen LogP contribution in [-0.2, 0) is 4.79 Å². The summed E-state index contributed by atoms with van der Waals surface area (Å²) in [6.45, 7) is 1.94. The molecule has 2 N–H and O–H groups in total. The Balaban J connectivity index is 1.78. The Morgan fingerprint density at radius 2 is 1.58 bits per heavy atom. The van der Waals surface area contributed by atoms with E-state index in [1.807, 2.05) is 25.1 Å². The fourth-order valence-corrected chi connectivity index (χ4v) is 3.22. The summed E-state index contributed by atoms with van der Waals surface area (Å²) >= 11 is 12.1. The SMILES string of the molecule is Cc1ccc(C(=O)Nc2cccc(/C=C(\C#N)C(=O)Nc3c(Cl)cccc3Cl)c2)cc1. The van der Waals surface area contributed by atoms with E-state index >= 15 is 0 Å². The number of nitrogens with one attached hydrogen (secondary N) is 2. The van der Waals surface area contributed by atoms with Crippen molar-refractivity contribution in [3.05, 3.63) is 99.0 Å². The highest BCUT2D eigenvalue weighted by molar-refractivity contribution is 6.40. The van der Waals surface area contributed by atoms with E-state index in [1.165, 1.54) is 6.08 Å². The lowest BCUT2D eigenvalue weighted by molar-refractivity contribution is -0.112. The Bertz CT molecular complexity index is 1190. The molecular weight excluding hydrogens is 433 g/mol. The maximum Gasteiger partial charge on any atom is 0.266 e. The van der Waals surface area contributed by atoms with Crippen molar-refractivity contribution in [2.45, 2.75) is 6.92 Å². The highest BCUT2D eigenvalue weighted by Crippen LogP contribution is 2.30. The summed E-state index contributed by atoms with van der Waals surface area (Å²) in [7, 11) is 0. The van der Waals surface area contributed by atoms with Crippen LogP contribution in [0.25, 0.3) is 6.08 Å². The molecule has 0 fully saturated rings. The average molecular weight is 450 g/mol. The second-order valence-electron chi connectivity index (χ2n) is 6.67. The third kappa shape index (κ3) is 5.73. The molecule has 0 spiro atoms. The summed E-state index contributed by atoms with van der Waals surface area (Å²) in [5.74, 6) is -0.903. The first-order valence-corrected chi connectivity index (χ1v) is 9.98. The van der Waals surface area contributed by atoms with Crippen molar-refractivity contribution in [2.24, 2.45) is 0 Å². The third-order valence-corrected chi connectivity index (χ3v) is 4.97. The first kappa shape index (κ1) is 22.1. The lowest BCUT2D eigenvalue weighted by Crippen LogP contribution is -2.14. The molecule has 0 aromatic heterocycles. The second kappa shape index (κ2) is 9.94. The van der Waals surface area contributed by atoms with E-state index in [2.05, 4.69) is 10.6 Å². The molecule has 3 aromatic carbocycles. The minimum Gasteiger partial charge on any atom is -0.322 e. The van der Waals surface area contributed by atoms with Crippen molar-refractivity contribution in [2.75, 3.05) is 10.6 Å². The molecule has 0 saturated heterocycles. The van der Waals surface area contributed by atoms with Crippen LogP contribution in [0.2, 0.25) is 10.0 Å². The molecule has 31 heavy (non-hydrogen) atoms. The zero-order chi connectivity index (χ0) is 22.4. The average Bonchev–Trinajstić information content (AvgIpc) is 2.75. The second-order valence-corrected chi connectivity index (χ2v) is 7.48. The minimum atomic E-state index is -0.647. The van der Waals surface area contributed by atoms with Gasteiger partial charge in [0.2, 0.25) is 0 Å². The molecule has 0 aliphatic carbocycles. The summed E-state index contributed by atoms with van der Waals surface area (Å²) in [6.07, 6.45) is 1.42. The smallest absolute Gasteiger partial charge is 0.266 e. The predicted molar refractivity (Wildman–Crippen MR) is 124 cm³/mol. The highest BCUT2D eigenvalue weighted by atomic mass is 35.5. The maximum absolute atomic E-state index is 12.5. The molecule has 5 nitrogen and oxygen atoms in total. The Labute approximate surface area is 189 Å². The van der Waals surface area contributed by atoms with Gasteiger partial charge in [-0.25, -0.2) is 0 Å². The zero-order valence-corrected chi connectivity index (χ0v) is 18.0. The van der Waals surface area contributed by atoms with E-state index in [1.54, 1.807) is 54.6 Å². The van der Waals surface area contributed by atoms with Gasteiger partial charge in [0, 0.05) is 11.3 Å². The molecule has 2 amide bonds. The fraction of sp³-hybridized carbons (Fsp3) is 0.0417. The van der Waals surface area contributed by atoms with Crippen molar-refractivity contribution in [1.82, 2.24) is 0 Å². The van der Waals surface area contributed by atoms with Crippen molar-refractivity contribution in [1.29, 1.82) is 5.26 Å². The van der Waals surface area contributed by atoms with Crippen LogP contribution in [0.5, 0.6) is 0 Å². The standard InChI is InChI=1S/C24H17Cl2N3O2/c1-15-8-10-17(11-9-15)23(30)28-19-5-2-4-16(13-19)12-18(14-27)24(31)29-22-20(25)6-3-7-21(22)26/h2-13H,1H3,(H,28,30)(H,29,31)/b18-12+. The number of carbonyl (C=O) groups is 2. The predicted octanol–water partition coefficient (Wildman–Crippen LogP) is 6.10. The number of hydrogen-bond donors (Lipinski definition) is 2. The van der Waals surface area contributed by atoms with Gasteiger partial charge in [0.05, 0.1) is 15.7 Å². The molecule has 7 heteroatoms. The molecule has 0 aliphatic rings. The molecule has 0 saturated carbocycles. The van der Waals surface area contributed by atoms with Gasteiger partial charge in [0.1, 0.15) is 11.6 Å². The number of aryl methyl sites for hydroxylation is 1. The summed E-state index contributed by atoms with van der Waals surface area (Å²) < 4.78 is 0. The molecule has 3 rings (SSSR count). The summed E-state index contributed by atoms with van der Waals surface area (Å²) in [5.41, 5.74) is 2.78. The Morgan fingerprint density at radius 3 is 2.23 bits per heavy atom. The van der Waals surface area contributed by atoms with E-state index in [9.17, 15) is 14.9 Å². The van der Waals surface area contributed by atoms with Gasteiger partial charge < -0.3 is 10.6 Å². The monoisotopic (exact) mass is 449 g/mol. The zero-order valence-electron chi connectivity index (χ0n) is 16.4. The van der Waals surface area contributed by atoms with Gasteiger partial charge in [0.15, 0.2) is 0 Å². The van der Waals surface area contributed by atoms with E-state index in [0.29, 0.717) is 16.8 Å². The number of carbonyl (C=O) groups excluding carboxylic acids is 2. The lowest BCUT2D eigenvalue weighted by atomic mass is 10.1. The number of nitrogens with zero attached hydrogens (tertiary/aromatic N) is 1. The first-order chi connectivity index (χ1) is 14.9. The molecule has 0 bridgehead atoms. The van der Waals surface area contributed by atoms with Crippen molar-refractivity contribution in [3.63, 3.8) is 0 Å². The molecule has 154 valence electrons.